The largest absolute Gasteiger partial charge is 0.495 e. The number of fused-ring (bicyclic) bond motifs is 1. The second-order valence-corrected chi connectivity index (χ2v) is 17.0. The van der Waals surface area contributed by atoms with E-state index in [4.69, 9.17) is 30.4 Å². The lowest BCUT2D eigenvalue weighted by Gasteiger charge is -2.64. The third kappa shape index (κ3) is 7.81. The Kier molecular flexibility index (Phi) is 11.1. The van der Waals surface area contributed by atoms with E-state index in [9.17, 15) is 36.3 Å². The summed E-state index contributed by atoms with van der Waals surface area (Å²) in [7, 11) is 1.57. The smallest absolute Gasteiger partial charge is 0.481 e. The Labute approximate surface area is 342 Å². The van der Waals surface area contributed by atoms with Gasteiger partial charge in [0.2, 0.25) is 12.3 Å². The minimum atomic E-state index is -4.59. The Morgan fingerprint density at radius 3 is 2.46 bits per heavy atom. The van der Waals surface area contributed by atoms with E-state index in [1.54, 1.807) is 0 Å². The monoisotopic (exact) mass is 850 g/mol. The summed E-state index contributed by atoms with van der Waals surface area (Å²) >= 11 is 6.30. The molecule has 318 valence electrons. The highest BCUT2D eigenvalue weighted by Gasteiger charge is 2.68. The number of hydrogen-bond donors (Lipinski definition) is 4. The second kappa shape index (κ2) is 15.4. The molecule has 1 aromatic heterocycles. The van der Waals surface area contributed by atoms with E-state index in [2.05, 4.69) is 40.1 Å². The number of amides is 3. The molecule has 4 N–H and O–H groups in total. The topological polar surface area (TPSA) is 154 Å². The fraction of sp³-hybridized carbons (Fsp3) is 0.538. The molecule has 4 fully saturated rings. The van der Waals surface area contributed by atoms with Gasteiger partial charge in [-0.1, -0.05) is 37.6 Å². The maximum atomic E-state index is 14.4. The van der Waals surface area contributed by atoms with Crippen LogP contribution in [0.3, 0.4) is 0 Å². The number of nitrogens with zero attached hydrogens (tertiary/aromatic N) is 2. The molecule has 13 nitrogen and oxygen atoms in total. The molecule has 0 radical (unpaired) electrons. The van der Waals surface area contributed by atoms with Crippen LogP contribution in [0.5, 0.6) is 11.5 Å². The maximum absolute atomic E-state index is 14.4. The van der Waals surface area contributed by atoms with Gasteiger partial charge in [-0.2, -0.15) is 13.2 Å². The number of anilines is 2. The number of aromatic nitrogens is 2. The number of carbonyl (C=O) groups is 2. The van der Waals surface area contributed by atoms with Gasteiger partial charge >= 0.3 is 19.3 Å². The summed E-state index contributed by atoms with van der Waals surface area (Å²) in [6.07, 6.45) is -6.15. The summed E-state index contributed by atoms with van der Waals surface area (Å²) in [6, 6.07) is 5.18. The second-order valence-electron chi connectivity index (χ2n) is 16.6. The van der Waals surface area contributed by atoms with Gasteiger partial charge in [0, 0.05) is 25.5 Å². The van der Waals surface area contributed by atoms with Gasteiger partial charge < -0.3 is 40.0 Å². The first kappa shape index (κ1) is 42.5. The van der Waals surface area contributed by atoms with Crippen molar-refractivity contribution in [3.05, 3.63) is 74.9 Å². The molecule has 2 bridgehead atoms. The molecule has 3 amide bonds. The SMILES string of the molecule is COc1cc(OC)c(NC(=O)N[C@]2(C)C[C@@H](C(=O)N[C@@H](CC(F)F)B3OC4CC5CC(C5(C)C)C4(C)O3)n3c2ncc(NCc2cccc(C(F)(F)F)c2)c3=O)cc1Cl. The molecule has 59 heavy (non-hydrogen) atoms. The summed E-state index contributed by atoms with van der Waals surface area (Å²) in [5.74, 6) is -1.23. The van der Waals surface area contributed by atoms with Crippen molar-refractivity contribution in [1.29, 1.82) is 0 Å². The van der Waals surface area contributed by atoms with E-state index >= 15 is 0 Å². The molecule has 5 aliphatic rings. The molecule has 2 aromatic carbocycles. The quantitative estimate of drug-likeness (QED) is 0.112. The van der Waals surface area contributed by atoms with Crippen molar-refractivity contribution >= 4 is 42.0 Å². The van der Waals surface area contributed by atoms with Crippen LogP contribution in [0.2, 0.25) is 5.02 Å². The highest BCUT2D eigenvalue weighted by Crippen LogP contribution is 2.65. The standard InChI is InChI=1S/C39H45BClF5N6O7/c1-36(2)21-11-28(36)38(4)29(12-21)58-40(59-38)30(15-31(42)43)50-32(53)25-16-37(3,51-35(55)49-23-13-22(41)26(56-5)14-27(23)57-6)34-48-18-24(33(54)52(25)34)47-17-19-8-7-9-20(10-19)39(44,45)46/h7-10,13-14,18,21,25,28-31,47H,11-12,15-17H2,1-6H3,(H,50,53)(H2,49,51,55)/t21?,25-,28?,29?,30-,37+,38?/m0/s1. The third-order valence-corrected chi connectivity index (χ3v) is 12.9. The predicted molar refractivity (Wildman–Crippen MR) is 208 cm³/mol. The van der Waals surface area contributed by atoms with E-state index in [1.165, 1.54) is 45.4 Å². The zero-order chi connectivity index (χ0) is 42.8. The average Bonchev–Trinajstić information content (AvgIpc) is 3.68. The van der Waals surface area contributed by atoms with Crippen LogP contribution < -0.4 is 36.3 Å². The summed E-state index contributed by atoms with van der Waals surface area (Å²) in [4.78, 5) is 46.7. The number of hydrogen-bond acceptors (Lipinski definition) is 9. The molecule has 3 saturated carbocycles. The van der Waals surface area contributed by atoms with Gasteiger partial charge in [0.1, 0.15) is 29.1 Å². The Hall–Kier alpha value is -4.62. The number of urea groups is 1. The van der Waals surface area contributed by atoms with E-state index < -0.39 is 72.3 Å². The number of carbonyl (C=O) groups excluding carboxylic acids is 2. The van der Waals surface area contributed by atoms with Crippen LogP contribution in [0.15, 0.2) is 47.4 Å². The zero-order valence-electron chi connectivity index (χ0n) is 33.1. The number of rotatable bonds is 12. The van der Waals surface area contributed by atoms with Gasteiger partial charge in [0.25, 0.3) is 5.56 Å². The molecule has 1 saturated heterocycles. The molecule has 2 aliphatic heterocycles. The van der Waals surface area contributed by atoms with Crippen molar-refractivity contribution in [2.45, 2.75) is 102 Å². The molecular weight excluding hydrogens is 806 g/mol. The van der Waals surface area contributed by atoms with Crippen LogP contribution in [-0.4, -0.2) is 66.9 Å². The summed E-state index contributed by atoms with van der Waals surface area (Å²) in [6.45, 7) is 7.55. The number of benzene rings is 2. The van der Waals surface area contributed by atoms with Gasteiger partial charge in [-0.05, 0) is 67.7 Å². The number of ether oxygens (including phenoxy) is 2. The Balaban J connectivity index is 1.18. The van der Waals surface area contributed by atoms with Gasteiger partial charge in [-0.25, -0.2) is 18.6 Å². The van der Waals surface area contributed by atoms with Gasteiger partial charge in [0.05, 0.1) is 59.9 Å². The first-order valence-corrected chi connectivity index (χ1v) is 19.5. The molecule has 3 heterocycles. The van der Waals surface area contributed by atoms with Crippen LogP contribution in [0.25, 0.3) is 0 Å². The predicted octanol–water partition coefficient (Wildman–Crippen LogP) is 6.93. The molecule has 3 aliphatic carbocycles. The van der Waals surface area contributed by atoms with Crippen LogP contribution >= 0.6 is 11.6 Å². The van der Waals surface area contributed by atoms with E-state index in [0.717, 1.165) is 29.3 Å². The van der Waals surface area contributed by atoms with Gasteiger partial charge in [-0.3, -0.25) is 14.2 Å². The van der Waals surface area contributed by atoms with Crippen LogP contribution in [0.4, 0.5) is 38.1 Å². The van der Waals surface area contributed by atoms with Crippen LogP contribution in [0.1, 0.15) is 76.4 Å². The molecular formula is C39H45BClF5N6O7. The normalized spacial score (nSPS) is 27.0. The molecule has 20 heteroatoms. The van der Waals surface area contributed by atoms with E-state index in [-0.39, 0.29) is 69.7 Å². The van der Waals surface area contributed by atoms with Crippen molar-refractivity contribution in [3.8, 4) is 11.5 Å². The van der Waals surface area contributed by atoms with Crippen LogP contribution in [-0.2, 0) is 32.4 Å². The maximum Gasteiger partial charge on any atom is 0.481 e. The Bertz CT molecular complexity index is 2200. The van der Waals surface area contributed by atoms with Crippen molar-refractivity contribution in [3.63, 3.8) is 0 Å². The fourth-order valence-electron chi connectivity index (χ4n) is 9.37. The van der Waals surface area contributed by atoms with E-state index in [0.29, 0.717) is 12.3 Å². The third-order valence-electron chi connectivity index (χ3n) is 12.6. The average molecular weight is 851 g/mol. The van der Waals surface area contributed by atoms with Crippen molar-refractivity contribution in [2.75, 3.05) is 24.9 Å². The first-order valence-electron chi connectivity index (χ1n) is 19.1. The Morgan fingerprint density at radius 1 is 1.07 bits per heavy atom. The minimum Gasteiger partial charge on any atom is -0.495 e. The highest BCUT2D eigenvalue weighted by molar-refractivity contribution is 6.48. The van der Waals surface area contributed by atoms with Crippen LogP contribution in [0, 0.1) is 17.3 Å². The molecule has 7 atom stereocenters. The minimum absolute atomic E-state index is 0.0337. The van der Waals surface area contributed by atoms with Crippen molar-refractivity contribution in [2.24, 2.45) is 17.3 Å². The molecule has 4 unspecified atom stereocenters. The summed E-state index contributed by atoms with van der Waals surface area (Å²) < 4.78 is 93.0. The van der Waals surface area contributed by atoms with Crippen molar-refractivity contribution < 1.29 is 50.3 Å². The summed E-state index contributed by atoms with van der Waals surface area (Å²) in [5, 5.41) is 11.1. The van der Waals surface area contributed by atoms with Crippen molar-refractivity contribution in [1.82, 2.24) is 20.2 Å². The lowest BCUT2D eigenvalue weighted by atomic mass is 9.43. The van der Waals surface area contributed by atoms with E-state index in [1.807, 2.05) is 6.92 Å². The Morgan fingerprint density at radius 2 is 1.80 bits per heavy atom. The molecule has 0 spiro atoms. The van der Waals surface area contributed by atoms with Gasteiger partial charge in [-0.15, -0.1) is 0 Å². The van der Waals surface area contributed by atoms with Gasteiger partial charge in [0.15, 0.2) is 0 Å². The zero-order valence-corrected chi connectivity index (χ0v) is 33.9. The number of alkyl halides is 5. The number of nitrogens with one attached hydrogen (secondary N) is 4. The number of methoxy groups -OCH3 is 2. The highest BCUT2D eigenvalue weighted by atomic mass is 35.5. The first-order chi connectivity index (χ1) is 27.7. The number of halogens is 6. The fourth-order valence-corrected chi connectivity index (χ4v) is 9.61. The molecule has 3 aromatic rings. The summed E-state index contributed by atoms with van der Waals surface area (Å²) in [5.41, 5.74) is -3.80. The molecule has 8 rings (SSSR count). The lowest BCUT2D eigenvalue weighted by Crippen LogP contribution is -2.65. The lowest BCUT2D eigenvalue weighted by molar-refractivity contribution is -0.199.